The van der Waals surface area contributed by atoms with Gasteiger partial charge in [-0.15, -0.1) is 0 Å². The van der Waals surface area contributed by atoms with E-state index in [1.54, 1.807) is 23.1 Å². The number of halogens is 1. The van der Waals surface area contributed by atoms with Gasteiger partial charge in [0.1, 0.15) is 0 Å². The lowest BCUT2D eigenvalue weighted by atomic mass is 10.1. The van der Waals surface area contributed by atoms with Crippen molar-refractivity contribution in [1.82, 2.24) is 5.43 Å². The SMILES string of the molecule is O=C(NNc1ccccc1)C1CC(=O)N(c2ccccc2Cl)C1. The Morgan fingerprint density at radius 1 is 1.09 bits per heavy atom. The molecule has 2 aromatic rings. The van der Waals surface area contributed by atoms with Crippen molar-refractivity contribution in [2.24, 2.45) is 5.92 Å². The summed E-state index contributed by atoms with van der Waals surface area (Å²) in [4.78, 5) is 26.0. The second-order valence-corrected chi connectivity index (χ2v) is 5.74. The third-order valence-electron chi connectivity index (χ3n) is 3.74. The standard InChI is InChI=1S/C17H16ClN3O2/c18-14-8-4-5-9-15(14)21-11-12(10-16(21)22)17(23)20-19-13-6-2-1-3-7-13/h1-9,12,19H,10-11H2,(H,20,23). The van der Waals surface area contributed by atoms with E-state index in [2.05, 4.69) is 10.9 Å². The Labute approximate surface area is 139 Å². The Morgan fingerprint density at radius 2 is 1.78 bits per heavy atom. The van der Waals surface area contributed by atoms with E-state index in [0.717, 1.165) is 5.69 Å². The van der Waals surface area contributed by atoms with Gasteiger partial charge in [-0.25, -0.2) is 0 Å². The lowest BCUT2D eigenvalue weighted by Crippen LogP contribution is -2.36. The van der Waals surface area contributed by atoms with Crippen molar-refractivity contribution in [2.45, 2.75) is 6.42 Å². The average Bonchev–Trinajstić information content (AvgIpc) is 2.96. The molecule has 0 aromatic heterocycles. The Morgan fingerprint density at radius 3 is 2.52 bits per heavy atom. The van der Waals surface area contributed by atoms with E-state index < -0.39 is 5.92 Å². The molecule has 3 rings (SSSR count). The van der Waals surface area contributed by atoms with Gasteiger partial charge in [-0.05, 0) is 24.3 Å². The molecule has 0 radical (unpaired) electrons. The number of hydrogen-bond donors (Lipinski definition) is 2. The third kappa shape index (κ3) is 3.46. The van der Waals surface area contributed by atoms with E-state index in [-0.39, 0.29) is 18.2 Å². The maximum atomic E-state index is 12.2. The minimum atomic E-state index is -0.407. The molecule has 1 fully saturated rings. The molecule has 0 bridgehead atoms. The zero-order chi connectivity index (χ0) is 16.2. The molecular weight excluding hydrogens is 314 g/mol. The van der Waals surface area contributed by atoms with Crippen LogP contribution in [0.1, 0.15) is 6.42 Å². The Kier molecular flexibility index (Phi) is 4.48. The Bertz CT molecular complexity index is 721. The second-order valence-electron chi connectivity index (χ2n) is 5.34. The number of carbonyl (C=O) groups is 2. The van der Waals surface area contributed by atoms with Crippen molar-refractivity contribution in [3.8, 4) is 0 Å². The molecule has 118 valence electrons. The quantitative estimate of drug-likeness (QED) is 0.848. The van der Waals surface area contributed by atoms with Crippen molar-refractivity contribution in [3.63, 3.8) is 0 Å². The van der Waals surface area contributed by atoms with Gasteiger partial charge in [-0.1, -0.05) is 41.9 Å². The summed E-state index contributed by atoms with van der Waals surface area (Å²) in [6.45, 7) is 0.324. The van der Waals surface area contributed by atoms with Crippen molar-refractivity contribution in [1.29, 1.82) is 0 Å². The number of anilines is 2. The van der Waals surface area contributed by atoms with Crippen LogP contribution in [-0.4, -0.2) is 18.4 Å². The number of hydrazine groups is 1. The molecule has 23 heavy (non-hydrogen) atoms. The van der Waals surface area contributed by atoms with Crippen LogP contribution in [0, 0.1) is 5.92 Å². The van der Waals surface area contributed by atoms with Crippen LogP contribution in [0.25, 0.3) is 0 Å². The molecule has 2 amide bonds. The third-order valence-corrected chi connectivity index (χ3v) is 4.06. The van der Waals surface area contributed by atoms with Crippen LogP contribution in [0.3, 0.4) is 0 Å². The molecule has 1 unspecified atom stereocenters. The van der Waals surface area contributed by atoms with E-state index in [1.807, 2.05) is 36.4 Å². The second kappa shape index (κ2) is 6.71. The minimum Gasteiger partial charge on any atom is -0.310 e. The number of nitrogens with one attached hydrogen (secondary N) is 2. The molecule has 0 aliphatic carbocycles. The van der Waals surface area contributed by atoms with Gasteiger partial charge in [-0.2, -0.15) is 0 Å². The maximum absolute atomic E-state index is 12.2. The highest BCUT2D eigenvalue weighted by Gasteiger charge is 2.35. The molecule has 0 spiro atoms. The van der Waals surface area contributed by atoms with Crippen LogP contribution < -0.4 is 15.8 Å². The summed E-state index contributed by atoms with van der Waals surface area (Å²) in [6, 6.07) is 16.5. The summed E-state index contributed by atoms with van der Waals surface area (Å²) >= 11 is 6.13. The zero-order valence-corrected chi connectivity index (χ0v) is 13.1. The molecule has 1 aliphatic heterocycles. The summed E-state index contributed by atoms with van der Waals surface area (Å²) in [7, 11) is 0. The molecule has 1 aliphatic rings. The normalized spacial score (nSPS) is 17.2. The van der Waals surface area contributed by atoms with Gasteiger partial charge in [0.25, 0.3) is 0 Å². The molecule has 1 heterocycles. The van der Waals surface area contributed by atoms with E-state index in [4.69, 9.17) is 11.6 Å². The first kappa shape index (κ1) is 15.4. The minimum absolute atomic E-state index is 0.0991. The van der Waals surface area contributed by atoms with Gasteiger partial charge >= 0.3 is 0 Å². The van der Waals surface area contributed by atoms with Gasteiger partial charge in [0.05, 0.1) is 22.3 Å². The first-order chi connectivity index (χ1) is 11.1. The van der Waals surface area contributed by atoms with E-state index in [1.165, 1.54) is 0 Å². The molecule has 5 nitrogen and oxygen atoms in total. The van der Waals surface area contributed by atoms with Gasteiger partial charge in [0, 0.05) is 13.0 Å². The highest BCUT2D eigenvalue weighted by atomic mass is 35.5. The summed E-state index contributed by atoms with van der Waals surface area (Å²) in [6.07, 6.45) is 0.174. The summed E-state index contributed by atoms with van der Waals surface area (Å²) in [5.74, 6) is -0.718. The largest absolute Gasteiger partial charge is 0.310 e. The van der Waals surface area contributed by atoms with E-state index >= 15 is 0 Å². The Balaban J connectivity index is 1.63. The van der Waals surface area contributed by atoms with Crippen LogP contribution in [0.15, 0.2) is 54.6 Å². The fraction of sp³-hybridized carbons (Fsp3) is 0.176. The molecule has 0 saturated carbocycles. The van der Waals surface area contributed by atoms with Crippen molar-refractivity contribution < 1.29 is 9.59 Å². The number of para-hydroxylation sites is 2. The fourth-order valence-electron chi connectivity index (χ4n) is 2.54. The van der Waals surface area contributed by atoms with E-state index in [0.29, 0.717) is 17.3 Å². The predicted molar refractivity (Wildman–Crippen MR) is 90.1 cm³/mol. The lowest BCUT2D eigenvalue weighted by molar-refractivity contribution is -0.125. The first-order valence-electron chi connectivity index (χ1n) is 7.31. The number of hydrogen-bond acceptors (Lipinski definition) is 3. The highest BCUT2D eigenvalue weighted by Crippen LogP contribution is 2.30. The maximum Gasteiger partial charge on any atom is 0.243 e. The van der Waals surface area contributed by atoms with Crippen molar-refractivity contribution in [3.05, 3.63) is 59.6 Å². The summed E-state index contributed by atoms with van der Waals surface area (Å²) in [5, 5.41) is 0.504. The van der Waals surface area contributed by atoms with E-state index in [9.17, 15) is 9.59 Å². The smallest absolute Gasteiger partial charge is 0.243 e. The molecule has 1 saturated heterocycles. The van der Waals surface area contributed by atoms with Gasteiger partial charge in [-0.3, -0.25) is 20.4 Å². The number of rotatable bonds is 4. The van der Waals surface area contributed by atoms with Crippen molar-refractivity contribution in [2.75, 3.05) is 16.9 Å². The number of carbonyl (C=O) groups excluding carboxylic acids is 2. The topological polar surface area (TPSA) is 61.4 Å². The van der Waals surface area contributed by atoms with Gasteiger partial charge < -0.3 is 4.90 Å². The fourth-order valence-corrected chi connectivity index (χ4v) is 2.78. The van der Waals surface area contributed by atoms with Crippen LogP contribution in [0.4, 0.5) is 11.4 Å². The van der Waals surface area contributed by atoms with Crippen molar-refractivity contribution >= 4 is 34.8 Å². The number of amides is 2. The predicted octanol–water partition coefficient (Wildman–Crippen LogP) is 2.84. The number of nitrogens with zero attached hydrogens (tertiary/aromatic N) is 1. The molecule has 1 atom stereocenters. The van der Waals surface area contributed by atoms with Gasteiger partial charge in [0.2, 0.25) is 11.8 Å². The molecule has 6 heteroatoms. The number of benzene rings is 2. The highest BCUT2D eigenvalue weighted by molar-refractivity contribution is 6.33. The molecule has 2 N–H and O–H groups in total. The summed E-state index contributed by atoms with van der Waals surface area (Å²) < 4.78 is 0. The van der Waals surface area contributed by atoms with Gasteiger partial charge in [0.15, 0.2) is 0 Å². The summed E-state index contributed by atoms with van der Waals surface area (Å²) in [5.41, 5.74) is 6.92. The first-order valence-corrected chi connectivity index (χ1v) is 7.69. The average molecular weight is 330 g/mol. The monoisotopic (exact) mass is 329 g/mol. The van der Waals surface area contributed by atoms with Crippen LogP contribution in [-0.2, 0) is 9.59 Å². The molecular formula is C17H16ClN3O2. The lowest BCUT2D eigenvalue weighted by Gasteiger charge is -2.18. The molecule has 2 aromatic carbocycles. The van der Waals surface area contributed by atoms with Crippen LogP contribution >= 0.6 is 11.6 Å². The Hall–Kier alpha value is -2.53. The zero-order valence-electron chi connectivity index (χ0n) is 12.3. The van der Waals surface area contributed by atoms with Crippen LogP contribution in [0.2, 0.25) is 5.02 Å². The van der Waals surface area contributed by atoms with Crippen LogP contribution in [0.5, 0.6) is 0 Å².